The zero-order chi connectivity index (χ0) is 14.6. The van der Waals surface area contributed by atoms with Gasteiger partial charge in [0.15, 0.2) is 0 Å². The van der Waals surface area contributed by atoms with Crippen LogP contribution in [0, 0.1) is 11.3 Å². The summed E-state index contributed by atoms with van der Waals surface area (Å²) < 4.78 is 39.9. The third kappa shape index (κ3) is 3.72. The second-order valence-corrected chi connectivity index (χ2v) is 3.99. The fraction of sp³-hybridized carbons (Fsp3) is 0.143. The molecular formula is C14H9F3N2O. The highest BCUT2D eigenvalue weighted by molar-refractivity contribution is 5.63. The van der Waals surface area contributed by atoms with Crippen LogP contribution in [0.15, 0.2) is 42.7 Å². The highest BCUT2D eigenvalue weighted by Crippen LogP contribution is 2.26. The van der Waals surface area contributed by atoms with E-state index in [4.69, 9.17) is 5.26 Å². The summed E-state index contributed by atoms with van der Waals surface area (Å²) in [6.45, 7) is 0. The number of hydrogen-bond donors (Lipinski definition) is 0. The summed E-state index contributed by atoms with van der Waals surface area (Å²) in [6, 6.07) is 9.27. The molecule has 3 nitrogen and oxygen atoms in total. The first-order chi connectivity index (χ1) is 9.48. The van der Waals surface area contributed by atoms with Gasteiger partial charge in [0.25, 0.3) is 0 Å². The Morgan fingerprint density at radius 1 is 1.10 bits per heavy atom. The second kappa shape index (κ2) is 5.61. The van der Waals surface area contributed by atoms with Gasteiger partial charge >= 0.3 is 6.36 Å². The predicted molar refractivity (Wildman–Crippen MR) is 65.7 cm³/mol. The Morgan fingerprint density at radius 3 is 2.40 bits per heavy atom. The Balaban J connectivity index is 2.22. The monoisotopic (exact) mass is 278 g/mol. The number of alkyl halides is 3. The van der Waals surface area contributed by atoms with Crippen molar-refractivity contribution in [1.82, 2.24) is 4.98 Å². The maximum atomic E-state index is 12.0. The van der Waals surface area contributed by atoms with Gasteiger partial charge in [-0.1, -0.05) is 12.1 Å². The zero-order valence-electron chi connectivity index (χ0n) is 10.2. The Kier molecular flexibility index (Phi) is 3.89. The molecule has 20 heavy (non-hydrogen) atoms. The third-order valence-corrected chi connectivity index (χ3v) is 2.50. The average Bonchev–Trinajstić information content (AvgIpc) is 2.38. The van der Waals surface area contributed by atoms with E-state index < -0.39 is 6.36 Å². The quantitative estimate of drug-likeness (QED) is 0.859. The van der Waals surface area contributed by atoms with Crippen molar-refractivity contribution < 1.29 is 17.9 Å². The van der Waals surface area contributed by atoms with E-state index in [2.05, 4.69) is 9.72 Å². The molecule has 0 bridgehead atoms. The van der Waals surface area contributed by atoms with Crippen LogP contribution >= 0.6 is 0 Å². The number of pyridine rings is 1. The molecule has 0 atom stereocenters. The van der Waals surface area contributed by atoms with Gasteiger partial charge in [-0.05, 0) is 29.3 Å². The molecule has 0 N–H and O–H groups in total. The van der Waals surface area contributed by atoms with Crippen LogP contribution in [0.2, 0.25) is 0 Å². The molecule has 2 rings (SSSR count). The minimum atomic E-state index is -4.70. The summed E-state index contributed by atoms with van der Waals surface area (Å²) in [5.74, 6) is -0.276. The van der Waals surface area contributed by atoms with Gasteiger partial charge < -0.3 is 4.74 Å². The van der Waals surface area contributed by atoms with Crippen molar-refractivity contribution in [2.45, 2.75) is 12.8 Å². The highest BCUT2D eigenvalue weighted by atomic mass is 19.4. The SMILES string of the molecule is N#CCc1cncc(-c2ccc(OC(F)(F)F)cc2)c1. The largest absolute Gasteiger partial charge is 0.573 e. The molecule has 0 fully saturated rings. The van der Waals surface area contributed by atoms with E-state index >= 15 is 0 Å². The van der Waals surface area contributed by atoms with Gasteiger partial charge in [-0.15, -0.1) is 13.2 Å². The van der Waals surface area contributed by atoms with Crippen molar-refractivity contribution in [3.8, 4) is 22.9 Å². The molecule has 1 heterocycles. The van der Waals surface area contributed by atoms with E-state index in [0.29, 0.717) is 5.56 Å². The zero-order valence-corrected chi connectivity index (χ0v) is 10.2. The first-order valence-electron chi connectivity index (χ1n) is 5.65. The van der Waals surface area contributed by atoms with Crippen LogP contribution in [0.4, 0.5) is 13.2 Å². The smallest absolute Gasteiger partial charge is 0.406 e. The van der Waals surface area contributed by atoms with Crippen LogP contribution in [-0.2, 0) is 6.42 Å². The Labute approximate surface area is 113 Å². The van der Waals surface area contributed by atoms with Gasteiger partial charge in [0.1, 0.15) is 5.75 Å². The first-order valence-corrected chi connectivity index (χ1v) is 5.65. The normalized spacial score (nSPS) is 10.9. The minimum Gasteiger partial charge on any atom is -0.406 e. The van der Waals surface area contributed by atoms with Crippen molar-refractivity contribution >= 4 is 0 Å². The molecule has 0 aliphatic heterocycles. The molecule has 0 aliphatic carbocycles. The lowest BCUT2D eigenvalue weighted by atomic mass is 10.1. The molecule has 0 spiro atoms. The lowest BCUT2D eigenvalue weighted by Gasteiger charge is -2.09. The Morgan fingerprint density at radius 2 is 1.80 bits per heavy atom. The molecule has 0 saturated carbocycles. The summed E-state index contributed by atoms with van der Waals surface area (Å²) in [5.41, 5.74) is 2.18. The van der Waals surface area contributed by atoms with Crippen LogP contribution in [-0.4, -0.2) is 11.3 Å². The van der Waals surface area contributed by atoms with E-state index in [-0.39, 0.29) is 12.2 Å². The first kappa shape index (κ1) is 13.9. The van der Waals surface area contributed by atoms with Gasteiger partial charge in [-0.25, -0.2) is 0 Å². The standard InChI is InChI=1S/C14H9F3N2O/c15-14(16,17)20-13-3-1-11(2-4-13)12-7-10(5-6-18)8-19-9-12/h1-4,7-9H,5H2. The van der Waals surface area contributed by atoms with Crippen molar-refractivity contribution in [2.75, 3.05) is 0 Å². The number of rotatable bonds is 3. The van der Waals surface area contributed by atoms with Crippen molar-refractivity contribution in [3.05, 3.63) is 48.3 Å². The van der Waals surface area contributed by atoms with E-state index in [9.17, 15) is 13.2 Å². The topological polar surface area (TPSA) is 45.9 Å². The van der Waals surface area contributed by atoms with Crippen LogP contribution in [0.5, 0.6) is 5.75 Å². The summed E-state index contributed by atoms with van der Waals surface area (Å²) >= 11 is 0. The average molecular weight is 278 g/mol. The molecule has 6 heteroatoms. The number of ether oxygens (including phenoxy) is 1. The molecule has 0 radical (unpaired) electrons. The van der Waals surface area contributed by atoms with Crippen molar-refractivity contribution in [2.24, 2.45) is 0 Å². The molecular weight excluding hydrogens is 269 g/mol. The lowest BCUT2D eigenvalue weighted by Crippen LogP contribution is -2.16. The van der Waals surface area contributed by atoms with E-state index in [1.54, 1.807) is 18.5 Å². The molecule has 0 aliphatic rings. The maximum absolute atomic E-state index is 12.0. The van der Waals surface area contributed by atoms with Gasteiger partial charge in [0.05, 0.1) is 12.5 Å². The van der Waals surface area contributed by atoms with Crippen LogP contribution < -0.4 is 4.74 Å². The number of aromatic nitrogens is 1. The highest BCUT2D eigenvalue weighted by Gasteiger charge is 2.30. The van der Waals surface area contributed by atoms with Gasteiger partial charge in [-0.3, -0.25) is 4.98 Å². The van der Waals surface area contributed by atoms with Crippen molar-refractivity contribution in [1.29, 1.82) is 5.26 Å². The molecule has 102 valence electrons. The number of benzene rings is 1. The predicted octanol–water partition coefficient (Wildman–Crippen LogP) is 3.71. The van der Waals surface area contributed by atoms with Crippen LogP contribution in [0.3, 0.4) is 0 Å². The minimum absolute atomic E-state index is 0.232. The summed E-state index contributed by atoms with van der Waals surface area (Å²) in [5, 5.41) is 8.62. The lowest BCUT2D eigenvalue weighted by molar-refractivity contribution is -0.274. The van der Waals surface area contributed by atoms with Crippen LogP contribution in [0.1, 0.15) is 5.56 Å². The molecule has 0 saturated heterocycles. The number of hydrogen-bond acceptors (Lipinski definition) is 3. The summed E-state index contributed by atoms with van der Waals surface area (Å²) in [6.07, 6.45) is -1.31. The molecule has 0 amide bonds. The summed E-state index contributed by atoms with van der Waals surface area (Å²) in [4.78, 5) is 4.00. The molecule has 1 aromatic carbocycles. The summed E-state index contributed by atoms with van der Waals surface area (Å²) in [7, 11) is 0. The van der Waals surface area contributed by atoms with Gasteiger partial charge in [-0.2, -0.15) is 5.26 Å². The number of halogens is 3. The fourth-order valence-electron chi connectivity index (χ4n) is 1.68. The van der Waals surface area contributed by atoms with E-state index in [0.717, 1.165) is 11.1 Å². The van der Waals surface area contributed by atoms with Crippen molar-refractivity contribution in [3.63, 3.8) is 0 Å². The molecule has 2 aromatic rings. The van der Waals surface area contributed by atoms with Crippen LogP contribution in [0.25, 0.3) is 11.1 Å². The molecule has 1 aromatic heterocycles. The van der Waals surface area contributed by atoms with Gasteiger partial charge in [0.2, 0.25) is 0 Å². The second-order valence-electron chi connectivity index (χ2n) is 3.99. The Bertz CT molecular complexity index is 630. The number of nitriles is 1. The van der Waals surface area contributed by atoms with E-state index in [1.165, 1.54) is 24.3 Å². The molecule has 0 unspecified atom stereocenters. The van der Waals surface area contributed by atoms with E-state index in [1.807, 2.05) is 6.07 Å². The number of nitrogens with zero attached hydrogens (tertiary/aromatic N) is 2. The fourth-order valence-corrected chi connectivity index (χ4v) is 1.68. The maximum Gasteiger partial charge on any atom is 0.573 e. The van der Waals surface area contributed by atoms with Gasteiger partial charge in [0, 0.05) is 18.0 Å². The third-order valence-electron chi connectivity index (χ3n) is 2.50. The Hall–Kier alpha value is -2.55.